The van der Waals surface area contributed by atoms with E-state index in [-0.39, 0.29) is 23.1 Å². The second-order valence-corrected chi connectivity index (χ2v) is 14.5. The molecule has 0 aliphatic carbocycles. The summed E-state index contributed by atoms with van der Waals surface area (Å²) in [5.41, 5.74) is 5.54. The molecule has 0 amide bonds. The van der Waals surface area contributed by atoms with Crippen molar-refractivity contribution in [3.63, 3.8) is 0 Å². The normalized spacial score (nSPS) is 16.4. The van der Waals surface area contributed by atoms with Gasteiger partial charge in [-0.1, -0.05) is 35.3 Å². The van der Waals surface area contributed by atoms with Crippen molar-refractivity contribution in [2.75, 3.05) is 26.2 Å². The van der Waals surface area contributed by atoms with Gasteiger partial charge in [0.05, 0.1) is 44.5 Å². The second kappa shape index (κ2) is 14.1. The van der Waals surface area contributed by atoms with Crippen molar-refractivity contribution in [2.24, 2.45) is 0 Å². The number of alkyl halides is 3. The van der Waals surface area contributed by atoms with E-state index in [4.69, 9.17) is 39.8 Å². The molecule has 53 heavy (non-hydrogen) atoms. The number of nitrogens with one attached hydrogen (secondary N) is 1. The smallest absolute Gasteiger partial charge is 0.132 e. The molecule has 0 radical (unpaired) electrons. The van der Waals surface area contributed by atoms with Gasteiger partial charge in [-0.05, 0) is 74.5 Å². The van der Waals surface area contributed by atoms with Crippen LogP contribution in [0.1, 0.15) is 36.9 Å². The van der Waals surface area contributed by atoms with Gasteiger partial charge in [0, 0.05) is 37.0 Å². The number of hydrogen-bond acceptors (Lipinski definition) is 6. The minimum absolute atomic E-state index is 0.108. The standard InChI is InChI=1S/C19H15ClF2N4.C16H10Cl2FN3.C3H6FN/c1-10(25-8-11(21)9-25)19-23-14-5-6-17(20)24-18(14)16-7-12-13(22)3-2-4-15(12)26(16)19;1-8(17)16-20-11-5-6-14(18)21-15(11)13-7-9-10(19)3-2-4-12(9)22(13)16;4-3-1-5-2-3/h2-7,10-11H,8-9H2,1H3;2-8H,1H3;3,5H,1-2H2. The number of rotatable bonds is 3. The molecule has 2 aliphatic heterocycles. The predicted molar refractivity (Wildman–Crippen MR) is 203 cm³/mol. The summed E-state index contributed by atoms with van der Waals surface area (Å²) in [6.07, 6.45) is -1.34. The van der Waals surface area contributed by atoms with E-state index in [0.717, 1.165) is 22.4 Å². The highest BCUT2D eigenvalue weighted by molar-refractivity contribution is 6.30. The van der Waals surface area contributed by atoms with Gasteiger partial charge in [-0.2, -0.15) is 0 Å². The van der Waals surface area contributed by atoms with Crippen molar-refractivity contribution >= 4 is 89.7 Å². The Kier molecular flexibility index (Phi) is 9.53. The fraction of sp³-hybridized carbons (Fsp3) is 0.263. The molecule has 1 N–H and O–H groups in total. The van der Waals surface area contributed by atoms with E-state index in [0.29, 0.717) is 80.7 Å². The van der Waals surface area contributed by atoms with E-state index < -0.39 is 12.3 Å². The van der Waals surface area contributed by atoms with Crippen LogP contribution in [-0.4, -0.2) is 72.2 Å². The average molecular weight is 782 g/mol. The van der Waals surface area contributed by atoms with Crippen LogP contribution in [0.5, 0.6) is 0 Å². The number of pyridine rings is 2. The molecular weight excluding hydrogens is 751 g/mol. The predicted octanol–water partition coefficient (Wildman–Crippen LogP) is 9.60. The number of halogens is 7. The average Bonchev–Trinajstić information content (AvgIpc) is 3.71. The fourth-order valence-electron chi connectivity index (χ4n) is 6.73. The topological polar surface area (TPSA) is 75.6 Å². The van der Waals surface area contributed by atoms with Crippen molar-refractivity contribution in [1.29, 1.82) is 0 Å². The highest BCUT2D eigenvalue weighted by Crippen LogP contribution is 2.35. The van der Waals surface area contributed by atoms with Gasteiger partial charge in [0.2, 0.25) is 0 Å². The SMILES string of the molecule is CC(Cl)c1nc2ccc(Cl)nc2c2cc3c(F)cccc3n12.CC(c1nc2ccc(Cl)nc2c2cc3c(F)cccc3n12)N1CC(F)C1.FC1CNC1. The van der Waals surface area contributed by atoms with E-state index >= 15 is 0 Å². The molecule has 0 bridgehead atoms. The molecule has 10 rings (SSSR count). The zero-order valence-corrected chi connectivity index (χ0v) is 30.6. The van der Waals surface area contributed by atoms with Crippen LogP contribution < -0.4 is 5.32 Å². The number of hydrogen-bond donors (Lipinski definition) is 1. The summed E-state index contributed by atoms with van der Waals surface area (Å²) >= 11 is 18.4. The highest BCUT2D eigenvalue weighted by atomic mass is 35.5. The molecule has 0 saturated carbocycles. The van der Waals surface area contributed by atoms with Crippen molar-refractivity contribution in [3.8, 4) is 0 Å². The summed E-state index contributed by atoms with van der Waals surface area (Å²) in [5, 5.41) is 4.20. The maximum atomic E-state index is 14.4. The van der Waals surface area contributed by atoms with Gasteiger partial charge >= 0.3 is 0 Å². The van der Waals surface area contributed by atoms with Crippen LogP contribution in [0.4, 0.5) is 17.6 Å². The lowest BCUT2D eigenvalue weighted by Gasteiger charge is -2.38. The lowest BCUT2D eigenvalue weighted by Crippen LogP contribution is -2.49. The Hall–Kier alpha value is -4.33. The van der Waals surface area contributed by atoms with Crippen LogP contribution in [0, 0.1) is 11.6 Å². The van der Waals surface area contributed by atoms with Crippen LogP contribution in [0.3, 0.4) is 0 Å². The zero-order chi connectivity index (χ0) is 37.1. The van der Waals surface area contributed by atoms with E-state index in [1.54, 1.807) is 42.5 Å². The van der Waals surface area contributed by atoms with Crippen molar-refractivity contribution in [2.45, 2.75) is 37.6 Å². The Balaban J connectivity index is 0.000000135. The van der Waals surface area contributed by atoms with Gasteiger partial charge in [0.1, 0.15) is 57.0 Å². The molecule has 2 aliphatic rings. The van der Waals surface area contributed by atoms with E-state index in [2.05, 4.69) is 20.3 Å². The third kappa shape index (κ3) is 6.50. The van der Waals surface area contributed by atoms with Gasteiger partial charge in [-0.25, -0.2) is 37.5 Å². The van der Waals surface area contributed by atoms with E-state index in [9.17, 15) is 17.6 Å². The monoisotopic (exact) mass is 780 g/mol. The summed E-state index contributed by atoms with van der Waals surface area (Å²) in [4.78, 5) is 20.1. The molecule has 2 saturated heterocycles. The van der Waals surface area contributed by atoms with Gasteiger partial charge < -0.3 is 5.32 Å². The van der Waals surface area contributed by atoms with Gasteiger partial charge in [-0.15, -0.1) is 11.6 Å². The molecule has 6 aromatic heterocycles. The van der Waals surface area contributed by atoms with Crippen LogP contribution in [0.15, 0.2) is 72.8 Å². The second-order valence-electron chi connectivity index (χ2n) is 13.1. The summed E-state index contributed by atoms with van der Waals surface area (Å²) in [7, 11) is 0. The molecule has 2 fully saturated rings. The van der Waals surface area contributed by atoms with Crippen molar-refractivity contribution < 1.29 is 17.6 Å². The quantitative estimate of drug-likeness (QED) is 0.109. The van der Waals surface area contributed by atoms with Gasteiger partial charge in [0.15, 0.2) is 0 Å². The molecule has 8 nitrogen and oxygen atoms in total. The summed E-state index contributed by atoms with van der Waals surface area (Å²) in [6.45, 7) is 5.74. The minimum Gasteiger partial charge on any atom is -0.311 e. The number of fused-ring (bicyclic) bond motifs is 10. The number of nitrogens with zero attached hydrogens (tertiary/aromatic N) is 7. The van der Waals surface area contributed by atoms with Gasteiger partial charge in [-0.3, -0.25) is 13.7 Å². The van der Waals surface area contributed by atoms with Crippen LogP contribution >= 0.6 is 34.8 Å². The highest BCUT2D eigenvalue weighted by Gasteiger charge is 2.33. The Morgan fingerprint density at radius 3 is 1.57 bits per heavy atom. The molecule has 8 aromatic rings. The first kappa shape index (κ1) is 35.7. The van der Waals surface area contributed by atoms with E-state index in [1.807, 2.05) is 45.7 Å². The third-order valence-electron chi connectivity index (χ3n) is 9.55. The van der Waals surface area contributed by atoms with Crippen molar-refractivity contribution in [3.05, 3.63) is 106 Å². The molecule has 15 heteroatoms. The van der Waals surface area contributed by atoms with Crippen LogP contribution in [0.2, 0.25) is 10.3 Å². The zero-order valence-electron chi connectivity index (χ0n) is 28.3. The number of likely N-dealkylation sites (tertiary alicyclic amines) is 1. The van der Waals surface area contributed by atoms with E-state index in [1.165, 1.54) is 12.1 Å². The lowest BCUT2D eigenvalue weighted by atomic mass is 10.1. The lowest BCUT2D eigenvalue weighted by molar-refractivity contribution is 0.0300. The molecule has 2 unspecified atom stereocenters. The Morgan fingerprint density at radius 2 is 1.13 bits per heavy atom. The molecule has 2 atom stereocenters. The van der Waals surface area contributed by atoms with Crippen LogP contribution in [0.25, 0.3) is 54.9 Å². The first-order valence-corrected chi connectivity index (χ1v) is 18.2. The summed E-state index contributed by atoms with van der Waals surface area (Å²) in [6, 6.07) is 20.3. The first-order chi connectivity index (χ1) is 25.5. The number of aromatic nitrogens is 6. The molecule has 8 heterocycles. The Morgan fingerprint density at radius 1 is 0.660 bits per heavy atom. The Bertz CT molecular complexity index is 2670. The molecular formula is C38H31Cl3F4N8. The fourth-order valence-corrected chi connectivity index (χ4v) is 7.17. The largest absolute Gasteiger partial charge is 0.311 e. The molecule has 0 spiro atoms. The summed E-state index contributed by atoms with van der Waals surface area (Å²) < 4.78 is 57.1. The van der Waals surface area contributed by atoms with Crippen LogP contribution in [-0.2, 0) is 0 Å². The third-order valence-corrected chi connectivity index (χ3v) is 10.2. The first-order valence-electron chi connectivity index (χ1n) is 17.0. The minimum atomic E-state index is -0.798. The maximum absolute atomic E-state index is 14.4. The maximum Gasteiger partial charge on any atom is 0.132 e. The Labute approximate surface area is 315 Å². The van der Waals surface area contributed by atoms with Crippen molar-refractivity contribution in [1.82, 2.24) is 39.0 Å². The molecule has 272 valence electrons. The number of benzene rings is 2. The summed E-state index contributed by atoms with van der Waals surface area (Å²) in [5.74, 6) is 0.801. The van der Waals surface area contributed by atoms with Gasteiger partial charge in [0.25, 0.3) is 0 Å². The molecule has 2 aromatic carbocycles.